The average Bonchev–Trinajstić information content (AvgIpc) is 3.72. The van der Waals surface area contributed by atoms with Crippen molar-refractivity contribution < 1.29 is 26.3 Å². The molecule has 0 fully saturated rings. The van der Waals surface area contributed by atoms with Gasteiger partial charge in [0.15, 0.2) is 23.3 Å². The van der Waals surface area contributed by atoms with Crippen molar-refractivity contribution >= 4 is 21.8 Å². The molecule has 0 N–H and O–H groups in total. The maximum Gasteiger partial charge on any atom is 0.417 e. The van der Waals surface area contributed by atoms with Crippen LogP contribution < -0.4 is 0 Å². The van der Waals surface area contributed by atoms with Crippen LogP contribution in [-0.2, 0) is 12.4 Å². The highest BCUT2D eigenvalue weighted by molar-refractivity contribution is 6.11. The molecule has 12 heteroatoms. The molecule has 0 spiro atoms. The summed E-state index contributed by atoms with van der Waals surface area (Å²) in [5.74, 6) is 1.70. The van der Waals surface area contributed by atoms with E-state index in [0.29, 0.717) is 79.4 Å². The molecule has 69 heavy (non-hydrogen) atoms. The third kappa shape index (κ3) is 8.26. The second-order valence-corrected chi connectivity index (χ2v) is 16.3. The van der Waals surface area contributed by atoms with Crippen molar-refractivity contribution in [1.82, 2.24) is 29.5 Å². The van der Waals surface area contributed by atoms with Crippen LogP contribution in [0.15, 0.2) is 206 Å². The van der Waals surface area contributed by atoms with Gasteiger partial charge in [-0.15, -0.1) is 0 Å². The van der Waals surface area contributed by atoms with Crippen LogP contribution in [0.2, 0.25) is 0 Å². The Kier molecular flexibility index (Phi) is 10.6. The summed E-state index contributed by atoms with van der Waals surface area (Å²) < 4.78 is 86.8. The zero-order chi connectivity index (χ0) is 47.3. The standard InChI is InChI=1S/C57H34F6N6/c58-56(59,60)41-27-28-42(46(33-41)57(61,62)63)39-25-29-50-44(31-39)43-23-13-14-24-49(43)69(50)51-30-26-40(54-67-52(37-19-9-3-10-20-37)66-53(68-54)38-21-11-4-12-22-38)32-45(51)55-64-47(35-15-5-1-6-16-35)34-48(65-55)36-17-7-2-8-18-36/h1-34H. The second kappa shape index (κ2) is 17.1. The molecule has 0 unspecified atom stereocenters. The Morgan fingerprint density at radius 2 is 0.812 bits per heavy atom. The Hall–Kier alpha value is -8.77. The number of halogens is 6. The molecule has 3 heterocycles. The van der Waals surface area contributed by atoms with Crippen LogP contribution in [-0.4, -0.2) is 29.5 Å². The van der Waals surface area contributed by atoms with Gasteiger partial charge in [0.1, 0.15) is 0 Å². The number of hydrogen-bond acceptors (Lipinski definition) is 5. The van der Waals surface area contributed by atoms with E-state index in [0.717, 1.165) is 28.3 Å². The molecule has 0 bridgehead atoms. The lowest BCUT2D eigenvalue weighted by Crippen LogP contribution is -2.12. The fourth-order valence-electron chi connectivity index (χ4n) is 8.68. The second-order valence-electron chi connectivity index (χ2n) is 16.3. The summed E-state index contributed by atoms with van der Waals surface area (Å²) in [6.07, 6.45) is -10.0. The maximum absolute atomic E-state index is 14.6. The van der Waals surface area contributed by atoms with E-state index in [4.69, 9.17) is 24.9 Å². The quantitative estimate of drug-likeness (QED) is 0.142. The SMILES string of the molecule is FC(F)(F)c1ccc(-c2ccc3c(c2)c2ccccc2n3-c2ccc(-c3nc(-c4ccccc4)nc(-c4ccccc4)n3)cc2-c2nc(-c3ccccc3)cc(-c3ccccc3)n2)c(C(F)(F)F)c1. The molecular formula is C57H34F6N6. The molecular weight excluding hydrogens is 883 g/mol. The Bertz CT molecular complexity index is 3570. The molecule has 0 saturated carbocycles. The molecule has 0 amide bonds. The summed E-state index contributed by atoms with van der Waals surface area (Å²) in [5, 5.41) is 1.28. The number of fused-ring (bicyclic) bond motifs is 3. The molecule has 11 rings (SSSR count). The largest absolute Gasteiger partial charge is 0.417 e. The van der Waals surface area contributed by atoms with Gasteiger partial charge in [-0.05, 0) is 65.7 Å². The number of alkyl halides is 6. The Balaban J connectivity index is 1.18. The summed E-state index contributed by atoms with van der Waals surface area (Å²) in [7, 11) is 0. The molecule has 8 aromatic carbocycles. The Labute approximate surface area is 390 Å². The van der Waals surface area contributed by atoms with Crippen molar-refractivity contribution in [3.05, 3.63) is 217 Å². The first-order valence-corrected chi connectivity index (χ1v) is 21.8. The van der Waals surface area contributed by atoms with Crippen LogP contribution in [0.3, 0.4) is 0 Å². The van der Waals surface area contributed by atoms with Gasteiger partial charge in [0.2, 0.25) is 0 Å². The van der Waals surface area contributed by atoms with Gasteiger partial charge in [-0.1, -0.05) is 152 Å². The Morgan fingerprint density at radius 3 is 1.36 bits per heavy atom. The minimum Gasteiger partial charge on any atom is -0.309 e. The Morgan fingerprint density at radius 1 is 0.319 bits per heavy atom. The lowest BCUT2D eigenvalue weighted by molar-refractivity contribution is -0.142. The van der Waals surface area contributed by atoms with Crippen molar-refractivity contribution in [2.45, 2.75) is 12.4 Å². The van der Waals surface area contributed by atoms with Gasteiger partial charge in [-0.25, -0.2) is 24.9 Å². The molecule has 3 aromatic heterocycles. The number of nitrogens with zero attached hydrogens (tertiary/aromatic N) is 6. The van der Waals surface area contributed by atoms with Crippen LogP contribution in [0.25, 0.3) is 107 Å². The van der Waals surface area contributed by atoms with Gasteiger partial charge < -0.3 is 4.57 Å². The normalized spacial score (nSPS) is 11.9. The van der Waals surface area contributed by atoms with Gasteiger partial charge in [-0.2, -0.15) is 26.3 Å². The van der Waals surface area contributed by atoms with E-state index >= 15 is 0 Å². The molecule has 6 nitrogen and oxygen atoms in total. The summed E-state index contributed by atoms with van der Waals surface area (Å²) in [6, 6.07) is 60.5. The number of benzene rings is 8. The van der Waals surface area contributed by atoms with Crippen molar-refractivity contribution in [3.63, 3.8) is 0 Å². The summed E-state index contributed by atoms with van der Waals surface area (Å²) >= 11 is 0. The minimum atomic E-state index is -5.06. The van der Waals surface area contributed by atoms with E-state index in [1.165, 1.54) is 6.07 Å². The van der Waals surface area contributed by atoms with Crippen molar-refractivity contribution in [2.75, 3.05) is 0 Å². The van der Waals surface area contributed by atoms with Gasteiger partial charge in [0.25, 0.3) is 0 Å². The van der Waals surface area contributed by atoms with E-state index in [1.807, 2.05) is 174 Å². The monoisotopic (exact) mass is 916 g/mol. The van der Waals surface area contributed by atoms with Gasteiger partial charge >= 0.3 is 12.4 Å². The fraction of sp³-hybridized carbons (Fsp3) is 0.0351. The minimum absolute atomic E-state index is 0.103. The number of aromatic nitrogens is 6. The first-order valence-electron chi connectivity index (χ1n) is 21.8. The third-order valence-corrected chi connectivity index (χ3v) is 11.9. The maximum atomic E-state index is 14.6. The third-order valence-electron chi connectivity index (χ3n) is 11.9. The lowest BCUT2D eigenvalue weighted by atomic mass is 9.95. The van der Waals surface area contributed by atoms with Gasteiger partial charge in [-0.3, -0.25) is 0 Å². The number of para-hydroxylation sites is 1. The number of rotatable bonds is 8. The van der Waals surface area contributed by atoms with E-state index < -0.39 is 23.5 Å². The predicted molar refractivity (Wildman–Crippen MR) is 258 cm³/mol. The average molecular weight is 917 g/mol. The molecule has 0 atom stereocenters. The van der Waals surface area contributed by atoms with Crippen LogP contribution in [0.4, 0.5) is 26.3 Å². The number of hydrogen-bond donors (Lipinski definition) is 0. The van der Waals surface area contributed by atoms with E-state index in [-0.39, 0.29) is 17.2 Å². The van der Waals surface area contributed by atoms with Crippen molar-refractivity contribution in [2.24, 2.45) is 0 Å². The molecule has 0 radical (unpaired) electrons. The molecule has 0 aliphatic carbocycles. The van der Waals surface area contributed by atoms with Crippen molar-refractivity contribution in [3.8, 4) is 84.9 Å². The molecule has 0 aliphatic heterocycles. The lowest BCUT2D eigenvalue weighted by Gasteiger charge is -2.17. The predicted octanol–water partition coefficient (Wildman–Crippen LogP) is 15.5. The van der Waals surface area contributed by atoms with Crippen molar-refractivity contribution in [1.29, 1.82) is 0 Å². The highest BCUT2D eigenvalue weighted by atomic mass is 19.4. The van der Waals surface area contributed by atoms with E-state index in [9.17, 15) is 26.3 Å². The van der Waals surface area contributed by atoms with Crippen LogP contribution in [0, 0.1) is 0 Å². The van der Waals surface area contributed by atoms with Crippen LogP contribution in [0.1, 0.15) is 11.1 Å². The molecule has 11 aromatic rings. The molecule has 0 aliphatic rings. The zero-order valence-electron chi connectivity index (χ0n) is 36.1. The first kappa shape index (κ1) is 42.8. The summed E-state index contributed by atoms with van der Waals surface area (Å²) in [5.41, 5.74) is 4.78. The zero-order valence-corrected chi connectivity index (χ0v) is 36.1. The van der Waals surface area contributed by atoms with Crippen LogP contribution in [0.5, 0.6) is 0 Å². The highest BCUT2D eigenvalue weighted by Gasteiger charge is 2.38. The summed E-state index contributed by atoms with van der Waals surface area (Å²) in [4.78, 5) is 25.4. The topological polar surface area (TPSA) is 69.4 Å². The van der Waals surface area contributed by atoms with E-state index in [1.54, 1.807) is 12.1 Å². The molecule has 334 valence electrons. The summed E-state index contributed by atoms with van der Waals surface area (Å²) in [6.45, 7) is 0. The van der Waals surface area contributed by atoms with Crippen LogP contribution >= 0.6 is 0 Å². The van der Waals surface area contributed by atoms with Gasteiger partial charge in [0, 0.05) is 44.2 Å². The molecule has 0 saturated heterocycles. The van der Waals surface area contributed by atoms with E-state index in [2.05, 4.69) is 0 Å². The van der Waals surface area contributed by atoms with Gasteiger partial charge in [0.05, 0.1) is 39.2 Å². The highest BCUT2D eigenvalue weighted by Crippen LogP contribution is 2.44. The smallest absolute Gasteiger partial charge is 0.309 e. The first-order chi connectivity index (χ1) is 33.5. The fourth-order valence-corrected chi connectivity index (χ4v) is 8.68.